The maximum absolute atomic E-state index is 12.2. The van der Waals surface area contributed by atoms with Gasteiger partial charge in [-0.25, -0.2) is 9.59 Å². The number of tetrazole rings is 1. The van der Waals surface area contributed by atoms with Crippen molar-refractivity contribution in [3.8, 4) is 0 Å². The molecule has 0 aliphatic carbocycles. The summed E-state index contributed by atoms with van der Waals surface area (Å²) in [4.78, 5) is 25.9. The van der Waals surface area contributed by atoms with E-state index in [-0.39, 0.29) is 11.5 Å². The monoisotopic (exact) mass is 288 g/mol. The van der Waals surface area contributed by atoms with E-state index < -0.39 is 12.0 Å². The number of nitrogens with one attached hydrogen (secondary N) is 1. The highest BCUT2D eigenvalue weighted by molar-refractivity contribution is 6.03. The van der Waals surface area contributed by atoms with Gasteiger partial charge in [-0.1, -0.05) is 11.2 Å². The zero-order valence-electron chi connectivity index (χ0n) is 11.1. The summed E-state index contributed by atoms with van der Waals surface area (Å²) in [6.07, 6.45) is 0.677. The number of nitrogens with zero attached hydrogens (tertiary/aromatic N) is 5. The first kappa shape index (κ1) is 13.0. The number of aryl methyl sites for hydroxylation is 1. The number of fused-ring (bicyclic) bond motifs is 1. The van der Waals surface area contributed by atoms with Crippen molar-refractivity contribution in [1.82, 2.24) is 20.2 Å². The van der Waals surface area contributed by atoms with Crippen LogP contribution in [0.2, 0.25) is 0 Å². The summed E-state index contributed by atoms with van der Waals surface area (Å²) in [5.74, 6) is -0.925. The molecule has 0 atom stereocenters. The summed E-state index contributed by atoms with van der Waals surface area (Å²) in [6.45, 7) is 0.477. The summed E-state index contributed by atoms with van der Waals surface area (Å²) in [7, 11) is 1.59. The van der Waals surface area contributed by atoms with Crippen LogP contribution in [0.3, 0.4) is 0 Å². The molecule has 2 heterocycles. The van der Waals surface area contributed by atoms with Gasteiger partial charge >= 0.3 is 12.0 Å². The molecule has 0 bridgehead atoms. The van der Waals surface area contributed by atoms with Crippen molar-refractivity contribution >= 4 is 23.6 Å². The number of amides is 2. The molecule has 9 nitrogen and oxygen atoms in total. The van der Waals surface area contributed by atoms with E-state index in [0.717, 1.165) is 5.56 Å². The van der Waals surface area contributed by atoms with Gasteiger partial charge in [-0.15, -0.1) is 5.10 Å². The molecular formula is C12H12N6O3. The minimum absolute atomic E-state index is 0.102. The maximum Gasteiger partial charge on any atom is 0.335 e. The van der Waals surface area contributed by atoms with Gasteiger partial charge in [-0.05, 0) is 29.3 Å². The van der Waals surface area contributed by atoms with Gasteiger partial charge in [-0.3, -0.25) is 10.2 Å². The van der Waals surface area contributed by atoms with E-state index in [2.05, 4.69) is 20.7 Å². The molecule has 0 spiro atoms. The molecule has 2 amide bonds. The van der Waals surface area contributed by atoms with Gasteiger partial charge in [0.15, 0.2) is 0 Å². The van der Waals surface area contributed by atoms with Crippen molar-refractivity contribution in [1.29, 1.82) is 0 Å². The number of carboxylic acid groups (broad SMARTS) is 1. The topological polar surface area (TPSA) is 113 Å². The molecule has 0 saturated heterocycles. The Morgan fingerprint density at radius 3 is 2.86 bits per heavy atom. The molecule has 9 heteroatoms. The van der Waals surface area contributed by atoms with E-state index in [0.29, 0.717) is 18.7 Å². The predicted octanol–water partition coefficient (Wildman–Crippen LogP) is 0.503. The number of hydrogen-bond acceptors (Lipinski definition) is 5. The Kier molecular flexibility index (Phi) is 3.01. The minimum atomic E-state index is -1.03. The van der Waals surface area contributed by atoms with Crippen molar-refractivity contribution in [3.05, 3.63) is 29.3 Å². The van der Waals surface area contributed by atoms with E-state index >= 15 is 0 Å². The van der Waals surface area contributed by atoms with E-state index in [9.17, 15) is 9.59 Å². The first-order chi connectivity index (χ1) is 10.0. The number of hydrogen-bond donors (Lipinski definition) is 2. The highest BCUT2D eigenvalue weighted by Crippen LogP contribution is 2.29. The Hall–Kier alpha value is -2.97. The Bertz CT molecular complexity index is 726. The lowest BCUT2D eigenvalue weighted by Gasteiger charge is -2.17. The maximum atomic E-state index is 12.2. The molecule has 21 heavy (non-hydrogen) atoms. The molecule has 108 valence electrons. The van der Waals surface area contributed by atoms with Crippen molar-refractivity contribution < 1.29 is 14.7 Å². The summed E-state index contributed by atoms with van der Waals surface area (Å²) < 4.78 is 0. The molecule has 1 aromatic heterocycles. The Balaban J connectivity index is 1.84. The second kappa shape index (κ2) is 4.85. The zero-order valence-corrected chi connectivity index (χ0v) is 11.1. The van der Waals surface area contributed by atoms with Crippen LogP contribution in [0.1, 0.15) is 15.9 Å². The number of urea groups is 1. The number of carbonyl (C=O) groups excluding carboxylic acids is 1. The minimum Gasteiger partial charge on any atom is -0.478 e. The zero-order chi connectivity index (χ0) is 15.0. The first-order valence-corrected chi connectivity index (χ1v) is 6.23. The summed E-state index contributed by atoms with van der Waals surface area (Å²) in [6, 6.07) is 4.35. The molecule has 1 aliphatic heterocycles. The number of aromatic nitrogens is 4. The second-order valence-corrected chi connectivity index (χ2v) is 4.58. The van der Waals surface area contributed by atoms with E-state index in [4.69, 9.17) is 5.11 Å². The van der Waals surface area contributed by atoms with Crippen LogP contribution in [-0.4, -0.2) is 43.9 Å². The average Bonchev–Trinajstić information content (AvgIpc) is 3.04. The third-order valence-corrected chi connectivity index (χ3v) is 3.20. The number of benzene rings is 1. The van der Waals surface area contributed by atoms with Gasteiger partial charge in [-0.2, -0.15) is 4.80 Å². The van der Waals surface area contributed by atoms with E-state index in [1.165, 1.54) is 21.8 Å². The van der Waals surface area contributed by atoms with Gasteiger partial charge in [0.2, 0.25) is 0 Å². The first-order valence-electron chi connectivity index (χ1n) is 6.23. The lowest BCUT2D eigenvalue weighted by Crippen LogP contribution is -2.33. The highest BCUT2D eigenvalue weighted by atomic mass is 16.4. The third kappa shape index (κ3) is 2.40. The normalized spacial score (nSPS) is 13.1. The number of anilines is 2. The van der Waals surface area contributed by atoms with Gasteiger partial charge in [0.05, 0.1) is 12.6 Å². The summed E-state index contributed by atoms with van der Waals surface area (Å²) >= 11 is 0. The molecule has 0 saturated carbocycles. The van der Waals surface area contributed by atoms with E-state index in [1.807, 2.05) is 0 Å². The van der Waals surface area contributed by atoms with Crippen molar-refractivity contribution in [2.45, 2.75) is 6.42 Å². The predicted molar refractivity (Wildman–Crippen MR) is 72.3 cm³/mol. The molecule has 0 fully saturated rings. The number of aromatic carboxylic acids is 1. The van der Waals surface area contributed by atoms with E-state index in [1.54, 1.807) is 13.1 Å². The Morgan fingerprint density at radius 2 is 2.19 bits per heavy atom. The van der Waals surface area contributed by atoms with Crippen LogP contribution in [-0.2, 0) is 13.5 Å². The number of rotatable bonds is 2. The Morgan fingerprint density at radius 1 is 1.38 bits per heavy atom. The summed E-state index contributed by atoms with van der Waals surface area (Å²) in [5.41, 5.74) is 1.67. The molecule has 1 aromatic carbocycles. The smallest absolute Gasteiger partial charge is 0.335 e. The molecule has 0 unspecified atom stereocenters. The highest BCUT2D eigenvalue weighted by Gasteiger charge is 2.26. The molecule has 0 radical (unpaired) electrons. The fourth-order valence-corrected chi connectivity index (χ4v) is 2.22. The standard InChI is InChI=1S/C12H12N6O3/c1-17-15-11(14-16-17)13-12(21)18-5-4-7-2-3-8(10(19)20)6-9(7)18/h2-3,6H,4-5H2,1H3,(H,19,20)(H,13,15,21). The van der Waals surface area contributed by atoms with Gasteiger partial charge < -0.3 is 5.11 Å². The fraction of sp³-hybridized carbons (Fsp3) is 0.250. The quantitative estimate of drug-likeness (QED) is 0.832. The lowest BCUT2D eigenvalue weighted by molar-refractivity contribution is 0.0697. The molecule has 2 aromatic rings. The Labute approximate surface area is 119 Å². The van der Waals surface area contributed by atoms with Crippen molar-refractivity contribution in [2.24, 2.45) is 7.05 Å². The van der Waals surface area contributed by atoms with Gasteiger partial charge in [0, 0.05) is 12.2 Å². The molecule has 1 aliphatic rings. The number of carbonyl (C=O) groups is 2. The van der Waals surface area contributed by atoms with Crippen LogP contribution in [0, 0.1) is 0 Å². The fourth-order valence-electron chi connectivity index (χ4n) is 2.22. The van der Waals surface area contributed by atoms with Crippen LogP contribution < -0.4 is 10.2 Å². The third-order valence-electron chi connectivity index (χ3n) is 3.20. The lowest BCUT2D eigenvalue weighted by atomic mass is 10.1. The molecular weight excluding hydrogens is 276 g/mol. The van der Waals surface area contributed by atoms with Crippen molar-refractivity contribution in [2.75, 3.05) is 16.8 Å². The number of carboxylic acids is 1. The van der Waals surface area contributed by atoms with Crippen LogP contribution in [0.25, 0.3) is 0 Å². The van der Waals surface area contributed by atoms with Crippen LogP contribution in [0.4, 0.5) is 16.4 Å². The van der Waals surface area contributed by atoms with Crippen LogP contribution in [0.15, 0.2) is 18.2 Å². The van der Waals surface area contributed by atoms with Crippen molar-refractivity contribution in [3.63, 3.8) is 0 Å². The largest absolute Gasteiger partial charge is 0.478 e. The van der Waals surface area contributed by atoms with Crippen LogP contribution >= 0.6 is 0 Å². The van der Waals surface area contributed by atoms with Gasteiger partial charge in [0.1, 0.15) is 0 Å². The molecule has 3 rings (SSSR count). The molecule has 2 N–H and O–H groups in total. The second-order valence-electron chi connectivity index (χ2n) is 4.58. The summed E-state index contributed by atoms with van der Waals surface area (Å²) in [5, 5.41) is 22.7. The van der Waals surface area contributed by atoms with Gasteiger partial charge in [0.25, 0.3) is 5.95 Å². The van der Waals surface area contributed by atoms with Crippen LogP contribution in [0.5, 0.6) is 0 Å². The SMILES string of the molecule is Cn1nnc(NC(=O)N2CCc3ccc(C(=O)O)cc32)n1. The average molecular weight is 288 g/mol.